The lowest BCUT2D eigenvalue weighted by atomic mass is 10.3. The van der Waals surface area contributed by atoms with Crippen LogP contribution in [0.3, 0.4) is 0 Å². The molecule has 0 bridgehead atoms. The lowest BCUT2D eigenvalue weighted by Crippen LogP contribution is -2.31. The lowest BCUT2D eigenvalue weighted by Gasteiger charge is -2.17. The molecule has 0 saturated carbocycles. The molecule has 23 heavy (non-hydrogen) atoms. The zero-order valence-electron chi connectivity index (χ0n) is 11.8. The lowest BCUT2D eigenvalue weighted by molar-refractivity contribution is -0.121. The Labute approximate surface area is 154 Å². The number of anilines is 2. The topological polar surface area (TPSA) is 63.4 Å². The number of carbonyl (C=O) groups excluding carboxylic acids is 2. The maximum absolute atomic E-state index is 12.7. The van der Waals surface area contributed by atoms with Crippen LogP contribution in [0.1, 0.15) is 6.42 Å². The van der Waals surface area contributed by atoms with Gasteiger partial charge in [0.25, 0.3) is 0 Å². The van der Waals surface area contributed by atoms with Crippen LogP contribution in [-0.2, 0) is 9.59 Å². The molecule has 2 aromatic rings. The van der Waals surface area contributed by atoms with Crippen LogP contribution in [0.2, 0.25) is 0 Å². The number of imide groups is 1. The Bertz CT molecular complexity index is 797. The molecule has 1 fully saturated rings. The van der Waals surface area contributed by atoms with Crippen molar-refractivity contribution < 1.29 is 9.59 Å². The third-order valence-corrected chi connectivity index (χ3v) is 5.70. The van der Waals surface area contributed by atoms with Crippen LogP contribution in [0, 0.1) is 0 Å². The van der Waals surface area contributed by atoms with Crippen LogP contribution in [-0.4, -0.2) is 17.1 Å². The van der Waals surface area contributed by atoms with Crippen molar-refractivity contribution >= 4 is 66.8 Å². The summed E-state index contributed by atoms with van der Waals surface area (Å²) in [5, 5.41) is -0.431. The molecule has 0 aliphatic carbocycles. The highest BCUT2D eigenvalue weighted by atomic mass is 79.9. The van der Waals surface area contributed by atoms with Gasteiger partial charge in [-0.25, -0.2) is 4.90 Å². The third kappa shape index (κ3) is 3.46. The Hall–Kier alpha value is -1.31. The number of nitrogens with two attached hydrogens (primary N) is 1. The summed E-state index contributed by atoms with van der Waals surface area (Å²) in [4.78, 5) is 27.1. The smallest absolute Gasteiger partial charge is 0.247 e. The van der Waals surface area contributed by atoms with E-state index >= 15 is 0 Å². The van der Waals surface area contributed by atoms with Gasteiger partial charge < -0.3 is 5.73 Å². The number of amides is 2. The highest BCUT2D eigenvalue weighted by molar-refractivity contribution is 9.11. The normalized spacial score (nSPS) is 17.8. The van der Waals surface area contributed by atoms with Gasteiger partial charge in [-0.3, -0.25) is 9.59 Å². The van der Waals surface area contributed by atoms with Crippen molar-refractivity contribution in [1.82, 2.24) is 0 Å². The SMILES string of the molecule is Nc1cccc(S[C@@H]2CC(=O)N(c3ccc(Br)cc3Br)C2=O)c1. The summed E-state index contributed by atoms with van der Waals surface area (Å²) >= 11 is 8.14. The van der Waals surface area contributed by atoms with E-state index in [9.17, 15) is 9.59 Å². The van der Waals surface area contributed by atoms with E-state index in [0.29, 0.717) is 15.8 Å². The first kappa shape index (κ1) is 16.5. The maximum Gasteiger partial charge on any atom is 0.247 e. The van der Waals surface area contributed by atoms with Gasteiger partial charge in [0.05, 0.1) is 10.9 Å². The molecule has 4 nitrogen and oxygen atoms in total. The number of nitrogen functional groups attached to an aromatic ring is 1. The van der Waals surface area contributed by atoms with E-state index in [1.807, 2.05) is 18.2 Å². The number of rotatable bonds is 3. The molecule has 1 aliphatic rings. The number of nitrogens with zero attached hydrogens (tertiary/aromatic N) is 1. The molecule has 1 heterocycles. The Morgan fingerprint density at radius 1 is 1.13 bits per heavy atom. The number of carbonyl (C=O) groups is 2. The summed E-state index contributed by atoms with van der Waals surface area (Å²) in [5.74, 6) is -0.398. The van der Waals surface area contributed by atoms with Crippen LogP contribution in [0.25, 0.3) is 0 Å². The zero-order chi connectivity index (χ0) is 16.6. The summed E-state index contributed by atoms with van der Waals surface area (Å²) < 4.78 is 1.57. The van der Waals surface area contributed by atoms with Crippen molar-refractivity contribution in [3.8, 4) is 0 Å². The Morgan fingerprint density at radius 2 is 1.91 bits per heavy atom. The van der Waals surface area contributed by atoms with Crippen molar-refractivity contribution in [2.24, 2.45) is 0 Å². The van der Waals surface area contributed by atoms with Gasteiger partial charge in [0, 0.05) is 25.9 Å². The second kappa shape index (κ2) is 6.67. The van der Waals surface area contributed by atoms with Crippen LogP contribution in [0.15, 0.2) is 56.3 Å². The minimum Gasteiger partial charge on any atom is -0.399 e. The van der Waals surface area contributed by atoms with Crippen LogP contribution in [0.4, 0.5) is 11.4 Å². The van der Waals surface area contributed by atoms with E-state index < -0.39 is 5.25 Å². The average molecular weight is 456 g/mol. The maximum atomic E-state index is 12.7. The van der Waals surface area contributed by atoms with Crippen molar-refractivity contribution in [1.29, 1.82) is 0 Å². The molecule has 1 saturated heterocycles. The third-order valence-electron chi connectivity index (χ3n) is 3.39. The molecule has 3 rings (SSSR count). The second-order valence-corrected chi connectivity index (χ2v) is 8.09. The van der Waals surface area contributed by atoms with E-state index in [1.165, 1.54) is 16.7 Å². The summed E-state index contributed by atoms with van der Waals surface area (Å²) in [6, 6.07) is 12.7. The Kier molecular flexibility index (Phi) is 4.79. The second-order valence-electron chi connectivity index (χ2n) is 5.05. The Morgan fingerprint density at radius 3 is 2.61 bits per heavy atom. The van der Waals surface area contributed by atoms with E-state index in [2.05, 4.69) is 31.9 Å². The summed E-state index contributed by atoms with van der Waals surface area (Å²) in [5.41, 5.74) is 6.97. The standard InChI is InChI=1S/C16H12Br2N2O2S/c17-9-4-5-13(12(18)6-9)20-15(21)8-14(16(20)22)23-11-3-1-2-10(19)7-11/h1-7,14H,8,19H2/t14-/m1/s1. The number of hydrogen-bond acceptors (Lipinski definition) is 4. The fraction of sp³-hybridized carbons (Fsp3) is 0.125. The minimum atomic E-state index is -0.431. The molecule has 1 aliphatic heterocycles. The fourth-order valence-corrected chi connectivity index (χ4v) is 4.71. The zero-order valence-corrected chi connectivity index (χ0v) is 15.8. The van der Waals surface area contributed by atoms with E-state index in [1.54, 1.807) is 24.3 Å². The number of halogens is 2. The molecule has 118 valence electrons. The van der Waals surface area contributed by atoms with E-state index in [0.717, 1.165) is 9.37 Å². The molecule has 1 atom stereocenters. The highest BCUT2D eigenvalue weighted by Crippen LogP contribution is 2.37. The van der Waals surface area contributed by atoms with Crippen LogP contribution < -0.4 is 10.6 Å². The van der Waals surface area contributed by atoms with E-state index in [4.69, 9.17) is 5.73 Å². The first-order chi connectivity index (χ1) is 11.0. The first-order valence-corrected chi connectivity index (χ1v) is 9.26. The average Bonchev–Trinajstić information content (AvgIpc) is 2.74. The number of thioether (sulfide) groups is 1. The summed E-state index contributed by atoms with van der Waals surface area (Å²) in [6.07, 6.45) is 0.181. The van der Waals surface area contributed by atoms with Gasteiger partial charge in [-0.2, -0.15) is 0 Å². The van der Waals surface area contributed by atoms with Crippen molar-refractivity contribution in [2.45, 2.75) is 16.6 Å². The number of hydrogen-bond donors (Lipinski definition) is 1. The largest absolute Gasteiger partial charge is 0.399 e. The van der Waals surface area contributed by atoms with Gasteiger partial charge in [-0.1, -0.05) is 22.0 Å². The molecule has 0 unspecified atom stereocenters. The van der Waals surface area contributed by atoms with Crippen LogP contribution >= 0.6 is 43.6 Å². The molecular formula is C16H12Br2N2O2S. The molecule has 2 amide bonds. The Balaban J connectivity index is 1.85. The van der Waals surface area contributed by atoms with Gasteiger partial charge >= 0.3 is 0 Å². The summed E-state index contributed by atoms with van der Waals surface area (Å²) in [7, 11) is 0. The number of benzene rings is 2. The van der Waals surface area contributed by atoms with Gasteiger partial charge in [-0.15, -0.1) is 11.8 Å². The van der Waals surface area contributed by atoms with Crippen molar-refractivity contribution in [3.63, 3.8) is 0 Å². The fourth-order valence-electron chi connectivity index (χ4n) is 2.36. The predicted octanol–water partition coefficient (Wildman–Crippen LogP) is 4.22. The predicted molar refractivity (Wildman–Crippen MR) is 99.5 cm³/mol. The molecule has 0 radical (unpaired) electrons. The van der Waals surface area contributed by atoms with Gasteiger partial charge in [0.2, 0.25) is 11.8 Å². The molecule has 7 heteroatoms. The van der Waals surface area contributed by atoms with E-state index in [-0.39, 0.29) is 18.2 Å². The molecule has 2 N–H and O–H groups in total. The molecule has 0 aromatic heterocycles. The molecule has 2 aromatic carbocycles. The summed E-state index contributed by atoms with van der Waals surface area (Å²) in [6.45, 7) is 0. The highest BCUT2D eigenvalue weighted by Gasteiger charge is 2.40. The van der Waals surface area contributed by atoms with Crippen LogP contribution in [0.5, 0.6) is 0 Å². The van der Waals surface area contributed by atoms with Crippen molar-refractivity contribution in [3.05, 3.63) is 51.4 Å². The first-order valence-electron chi connectivity index (χ1n) is 6.80. The van der Waals surface area contributed by atoms with Crippen molar-refractivity contribution in [2.75, 3.05) is 10.6 Å². The van der Waals surface area contributed by atoms with Gasteiger partial charge in [0.1, 0.15) is 0 Å². The minimum absolute atomic E-state index is 0.181. The monoisotopic (exact) mass is 454 g/mol. The van der Waals surface area contributed by atoms with Gasteiger partial charge in [-0.05, 0) is 52.3 Å². The molecule has 0 spiro atoms. The quantitative estimate of drug-likeness (QED) is 0.555. The molecular weight excluding hydrogens is 444 g/mol. The van der Waals surface area contributed by atoms with Gasteiger partial charge in [0.15, 0.2) is 0 Å².